The summed E-state index contributed by atoms with van der Waals surface area (Å²) in [5, 5.41) is 6.82. The first-order valence-electron chi connectivity index (χ1n) is 8.77. The van der Waals surface area contributed by atoms with Gasteiger partial charge in [-0.3, -0.25) is 10.00 Å². The summed E-state index contributed by atoms with van der Waals surface area (Å²) in [4.78, 5) is 2.24. The Kier molecular flexibility index (Phi) is 5.52. The second-order valence-electron chi connectivity index (χ2n) is 7.35. The molecule has 2 N–H and O–H groups in total. The van der Waals surface area contributed by atoms with Gasteiger partial charge in [0.1, 0.15) is 11.5 Å². The summed E-state index contributed by atoms with van der Waals surface area (Å²) in [5.74, 6) is 2.24. The largest absolute Gasteiger partial charge is 0.458 e. The molecule has 0 radical (unpaired) electrons. The fourth-order valence-corrected chi connectivity index (χ4v) is 4.20. The van der Waals surface area contributed by atoms with Gasteiger partial charge in [-0.1, -0.05) is 13.8 Å². The summed E-state index contributed by atoms with van der Waals surface area (Å²) in [6.45, 7) is 6.41. The van der Waals surface area contributed by atoms with E-state index in [2.05, 4.69) is 33.7 Å². The lowest BCUT2D eigenvalue weighted by Crippen LogP contribution is -2.46. The van der Waals surface area contributed by atoms with E-state index in [1.165, 1.54) is 4.31 Å². The highest BCUT2D eigenvalue weighted by atomic mass is 32.2. The highest BCUT2D eigenvalue weighted by molar-refractivity contribution is 7.87. The Morgan fingerprint density at radius 2 is 2.12 bits per heavy atom. The minimum absolute atomic E-state index is 0.107. The lowest BCUT2D eigenvalue weighted by molar-refractivity contribution is 0.274. The van der Waals surface area contributed by atoms with Gasteiger partial charge >= 0.3 is 0 Å². The molecule has 0 bridgehead atoms. The van der Waals surface area contributed by atoms with Crippen molar-refractivity contribution >= 4 is 10.2 Å². The number of aromatic amines is 1. The zero-order chi connectivity index (χ0) is 18.9. The molecule has 2 aromatic heterocycles. The van der Waals surface area contributed by atoms with E-state index < -0.39 is 10.2 Å². The van der Waals surface area contributed by atoms with E-state index in [1.807, 2.05) is 18.2 Å². The molecule has 1 aliphatic heterocycles. The average molecular weight is 382 g/mol. The van der Waals surface area contributed by atoms with E-state index >= 15 is 0 Å². The number of nitrogens with zero attached hydrogens (tertiary/aromatic N) is 3. The monoisotopic (exact) mass is 381 g/mol. The van der Waals surface area contributed by atoms with Crippen molar-refractivity contribution in [1.29, 1.82) is 0 Å². The Hall–Kier alpha value is -1.68. The number of likely N-dealkylation sites (tertiary alicyclic amines) is 1. The summed E-state index contributed by atoms with van der Waals surface area (Å²) in [6, 6.07) is 5.63. The molecule has 3 rings (SSSR count). The maximum absolute atomic E-state index is 12.2. The van der Waals surface area contributed by atoms with Gasteiger partial charge in [-0.05, 0) is 30.0 Å². The number of furan rings is 1. The van der Waals surface area contributed by atoms with Gasteiger partial charge in [0.25, 0.3) is 10.2 Å². The van der Waals surface area contributed by atoms with Gasteiger partial charge in [-0.25, -0.2) is 0 Å². The molecule has 1 aliphatic rings. The van der Waals surface area contributed by atoms with E-state index in [-0.39, 0.29) is 12.0 Å². The molecule has 2 atom stereocenters. The van der Waals surface area contributed by atoms with Crippen LogP contribution in [0.2, 0.25) is 0 Å². The van der Waals surface area contributed by atoms with Crippen molar-refractivity contribution in [3.63, 3.8) is 0 Å². The Labute approximate surface area is 154 Å². The van der Waals surface area contributed by atoms with Gasteiger partial charge in [0.15, 0.2) is 5.76 Å². The van der Waals surface area contributed by atoms with E-state index in [1.54, 1.807) is 20.3 Å². The Bertz CT molecular complexity index is 813. The molecule has 8 nitrogen and oxygen atoms in total. The SMILES string of the molecule is CC(C)[C@@H]1CN(Cc2ccc(-c3ccn[nH]3)o2)C[C@H]1NS(=O)(=O)N(C)C. The number of hydrogen-bond acceptors (Lipinski definition) is 5. The molecule has 0 aliphatic carbocycles. The van der Waals surface area contributed by atoms with Crippen LogP contribution in [0.3, 0.4) is 0 Å². The molecule has 0 unspecified atom stereocenters. The van der Waals surface area contributed by atoms with Crippen molar-refractivity contribution in [2.45, 2.75) is 26.4 Å². The van der Waals surface area contributed by atoms with Crippen LogP contribution < -0.4 is 4.72 Å². The normalized spacial score (nSPS) is 21.9. The van der Waals surface area contributed by atoms with E-state index in [0.717, 1.165) is 23.8 Å². The van der Waals surface area contributed by atoms with Gasteiger partial charge in [0.05, 0.1) is 6.54 Å². The second-order valence-corrected chi connectivity index (χ2v) is 9.27. The van der Waals surface area contributed by atoms with Gasteiger partial charge in [-0.15, -0.1) is 0 Å². The maximum atomic E-state index is 12.2. The summed E-state index contributed by atoms with van der Waals surface area (Å²) in [6.07, 6.45) is 1.69. The molecular formula is C17H27N5O3S. The predicted octanol–water partition coefficient (Wildman–Crippen LogP) is 1.52. The minimum Gasteiger partial charge on any atom is -0.458 e. The molecule has 26 heavy (non-hydrogen) atoms. The van der Waals surface area contributed by atoms with Crippen LogP contribution in [0.1, 0.15) is 19.6 Å². The fourth-order valence-electron chi connectivity index (χ4n) is 3.36. The molecule has 1 saturated heterocycles. The first-order valence-corrected chi connectivity index (χ1v) is 10.2. The first kappa shape index (κ1) is 19.1. The quantitative estimate of drug-likeness (QED) is 0.758. The van der Waals surface area contributed by atoms with E-state index in [4.69, 9.17) is 4.42 Å². The van der Waals surface area contributed by atoms with Gasteiger partial charge in [0.2, 0.25) is 0 Å². The molecule has 9 heteroatoms. The summed E-state index contributed by atoms with van der Waals surface area (Å²) >= 11 is 0. The summed E-state index contributed by atoms with van der Waals surface area (Å²) in [7, 11) is -0.366. The van der Waals surface area contributed by atoms with Crippen LogP contribution in [0.15, 0.2) is 28.8 Å². The van der Waals surface area contributed by atoms with Crippen molar-refractivity contribution < 1.29 is 12.8 Å². The number of H-pyrrole nitrogens is 1. The van der Waals surface area contributed by atoms with Crippen LogP contribution in [0.25, 0.3) is 11.5 Å². The smallest absolute Gasteiger partial charge is 0.279 e. The van der Waals surface area contributed by atoms with Crippen molar-refractivity contribution in [2.24, 2.45) is 11.8 Å². The minimum atomic E-state index is -3.45. The third-order valence-electron chi connectivity index (χ3n) is 4.89. The Morgan fingerprint density at radius 3 is 2.73 bits per heavy atom. The van der Waals surface area contributed by atoms with Crippen LogP contribution in [-0.4, -0.2) is 61.0 Å². The predicted molar refractivity (Wildman–Crippen MR) is 99.4 cm³/mol. The second kappa shape index (κ2) is 7.51. The Morgan fingerprint density at radius 1 is 1.35 bits per heavy atom. The standard InChI is InChI=1S/C17H27N5O3S/c1-12(2)14-10-22(11-16(14)20-26(23,24)21(3)4)9-13-5-6-17(25-13)15-7-8-18-19-15/h5-8,12,14,16,20H,9-11H2,1-4H3,(H,18,19)/t14-,16+/m0/s1. The molecule has 0 aromatic carbocycles. The van der Waals surface area contributed by atoms with Crippen molar-refractivity contribution in [1.82, 2.24) is 24.1 Å². The zero-order valence-electron chi connectivity index (χ0n) is 15.6. The lowest BCUT2D eigenvalue weighted by atomic mass is 9.92. The van der Waals surface area contributed by atoms with Crippen molar-refractivity contribution in [3.8, 4) is 11.5 Å². The molecule has 0 saturated carbocycles. The van der Waals surface area contributed by atoms with E-state index in [0.29, 0.717) is 19.0 Å². The lowest BCUT2D eigenvalue weighted by Gasteiger charge is -2.24. The molecular weight excluding hydrogens is 354 g/mol. The van der Waals surface area contributed by atoms with E-state index in [9.17, 15) is 8.42 Å². The third-order valence-corrected chi connectivity index (χ3v) is 6.45. The first-order chi connectivity index (χ1) is 12.3. The molecule has 3 heterocycles. The van der Waals surface area contributed by atoms with Crippen LogP contribution in [0.4, 0.5) is 0 Å². The fraction of sp³-hybridized carbons (Fsp3) is 0.588. The average Bonchev–Trinajstić information content (AvgIpc) is 3.27. The Balaban J connectivity index is 1.68. The maximum Gasteiger partial charge on any atom is 0.279 e. The van der Waals surface area contributed by atoms with Gasteiger partial charge in [0, 0.05) is 39.4 Å². The van der Waals surface area contributed by atoms with Crippen LogP contribution in [-0.2, 0) is 16.8 Å². The van der Waals surface area contributed by atoms with Crippen LogP contribution in [0, 0.1) is 11.8 Å². The highest BCUT2D eigenvalue weighted by Gasteiger charge is 2.37. The third kappa shape index (κ3) is 4.17. The number of rotatable bonds is 7. The van der Waals surface area contributed by atoms with Crippen molar-refractivity contribution in [3.05, 3.63) is 30.2 Å². The number of aromatic nitrogens is 2. The van der Waals surface area contributed by atoms with Gasteiger partial charge in [-0.2, -0.15) is 22.5 Å². The van der Waals surface area contributed by atoms with Crippen LogP contribution in [0.5, 0.6) is 0 Å². The molecule has 1 fully saturated rings. The molecule has 0 amide bonds. The van der Waals surface area contributed by atoms with Crippen LogP contribution >= 0.6 is 0 Å². The zero-order valence-corrected chi connectivity index (χ0v) is 16.5. The molecule has 0 spiro atoms. The highest BCUT2D eigenvalue weighted by Crippen LogP contribution is 2.28. The molecule has 2 aromatic rings. The van der Waals surface area contributed by atoms with Crippen molar-refractivity contribution in [2.75, 3.05) is 27.2 Å². The number of hydrogen-bond donors (Lipinski definition) is 2. The topological polar surface area (TPSA) is 94.5 Å². The van der Waals surface area contributed by atoms with Gasteiger partial charge < -0.3 is 4.42 Å². The molecule has 144 valence electrons. The summed E-state index contributed by atoms with van der Waals surface area (Å²) in [5.41, 5.74) is 0.842. The summed E-state index contributed by atoms with van der Waals surface area (Å²) < 4.78 is 34.4. The number of nitrogens with one attached hydrogen (secondary N) is 2.